The van der Waals surface area contributed by atoms with Gasteiger partial charge < -0.3 is 15.4 Å². The van der Waals surface area contributed by atoms with Crippen molar-refractivity contribution >= 4 is 5.91 Å². The van der Waals surface area contributed by atoms with Crippen molar-refractivity contribution in [3.05, 3.63) is 35.9 Å². The molecule has 2 aliphatic rings. The zero-order valence-electron chi connectivity index (χ0n) is 15.5. The molecule has 1 amide bonds. The first-order valence-electron chi connectivity index (χ1n) is 9.41. The average molecular weight is 345 g/mol. The van der Waals surface area contributed by atoms with Gasteiger partial charge in [-0.05, 0) is 44.8 Å². The molecular formula is C20H31N3O2. The summed E-state index contributed by atoms with van der Waals surface area (Å²) in [6.45, 7) is 6.40. The molecule has 5 heteroatoms. The Hall–Kier alpha value is -1.43. The van der Waals surface area contributed by atoms with Crippen LogP contribution in [-0.2, 0) is 16.1 Å². The number of piperidine rings is 1. The average Bonchev–Trinajstić information content (AvgIpc) is 2.96. The summed E-state index contributed by atoms with van der Waals surface area (Å²) in [5.41, 5.74) is 0.964. The number of amides is 1. The molecule has 1 aromatic rings. The van der Waals surface area contributed by atoms with Crippen molar-refractivity contribution in [2.75, 3.05) is 33.4 Å². The second-order valence-electron chi connectivity index (χ2n) is 7.63. The number of carbonyl (C=O) groups is 1. The molecule has 0 aromatic heterocycles. The van der Waals surface area contributed by atoms with Crippen LogP contribution in [-0.4, -0.2) is 56.2 Å². The maximum Gasteiger partial charge on any atom is 0.228 e. The van der Waals surface area contributed by atoms with Crippen LogP contribution in [0.25, 0.3) is 0 Å². The highest BCUT2D eigenvalue weighted by atomic mass is 16.5. The second-order valence-corrected chi connectivity index (χ2v) is 7.63. The van der Waals surface area contributed by atoms with Gasteiger partial charge in [-0.2, -0.15) is 0 Å². The molecule has 2 atom stereocenters. The number of hydrogen-bond acceptors (Lipinski definition) is 4. The number of methoxy groups -OCH3 is 1. The van der Waals surface area contributed by atoms with Crippen LogP contribution in [0, 0.1) is 5.41 Å². The van der Waals surface area contributed by atoms with Crippen LogP contribution in [0.4, 0.5) is 0 Å². The predicted molar refractivity (Wildman–Crippen MR) is 99.3 cm³/mol. The third-order valence-corrected chi connectivity index (χ3v) is 5.73. The summed E-state index contributed by atoms with van der Waals surface area (Å²) in [4.78, 5) is 15.5. The van der Waals surface area contributed by atoms with Crippen molar-refractivity contribution in [2.24, 2.45) is 5.41 Å². The zero-order chi connectivity index (χ0) is 17.7. The van der Waals surface area contributed by atoms with Crippen LogP contribution in [0.5, 0.6) is 0 Å². The predicted octanol–water partition coefficient (Wildman–Crippen LogP) is 1.78. The van der Waals surface area contributed by atoms with E-state index >= 15 is 0 Å². The van der Waals surface area contributed by atoms with Gasteiger partial charge in [0.1, 0.15) is 0 Å². The lowest BCUT2D eigenvalue weighted by atomic mass is 9.78. The molecule has 5 nitrogen and oxygen atoms in total. The number of hydrogen-bond donors (Lipinski definition) is 2. The topological polar surface area (TPSA) is 53.6 Å². The molecule has 2 heterocycles. The standard InChI is InChI=1S/C20H31N3O2/c1-16-12-18(14-23(16)13-17-6-4-3-5-7-17)22-19(24)20(15-25-2)8-10-21-11-9-20/h3-7,16,18,21H,8-15H2,1-2H3,(H,22,24). The molecule has 2 aliphatic heterocycles. The third-order valence-electron chi connectivity index (χ3n) is 5.73. The fourth-order valence-corrected chi connectivity index (χ4v) is 4.20. The molecule has 138 valence electrons. The monoisotopic (exact) mass is 345 g/mol. The molecule has 2 saturated heterocycles. The normalized spacial score (nSPS) is 26.5. The van der Waals surface area contributed by atoms with Gasteiger partial charge in [-0.25, -0.2) is 0 Å². The van der Waals surface area contributed by atoms with Crippen LogP contribution in [0.1, 0.15) is 31.7 Å². The van der Waals surface area contributed by atoms with Gasteiger partial charge in [0.25, 0.3) is 0 Å². The fourth-order valence-electron chi connectivity index (χ4n) is 4.20. The van der Waals surface area contributed by atoms with E-state index in [1.54, 1.807) is 7.11 Å². The highest BCUT2D eigenvalue weighted by molar-refractivity contribution is 5.83. The molecule has 25 heavy (non-hydrogen) atoms. The summed E-state index contributed by atoms with van der Waals surface area (Å²) in [5.74, 6) is 0.176. The maximum atomic E-state index is 13.0. The van der Waals surface area contributed by atoms with E-state index in [0.29, 0.717) is 12.6 Å². The van der Waals surface area contributed by atoms with E-state index in [2.05, 4.69) is 46.7 Å². The SMILES string of the molecule is COCC1(C(=O)NC2CC(C)N(Cc3ccccc3)C2)CCNCC1. The summed E-state index contributed by atoms with van der Waals surface area (Å²) in [5, 5.41) is 6.68. The minimum Gasteiger partial charge on any atom is -0.384 e. The summed E-state index contributed by atoms with van der Waals surface area (Å²) < 4.78 is 5.39. The maximum absolute atomic E-state index is 13.0. The van der Waals surface area contributed by atoms with E-state index in [9.17, 15) is 4.79 Å². The van der Waals surface area contributed by atoms with Crippen LogP contribution in [0.2, 0.25) is 0 Å². The highest BCUT2D eigenvalue weighted by Crippen LogP contribution is 2.30. The van der Waals surface area contributed by atoms with E-state index in [1.165, 1.54) is 5.56 Å². The molecule has 0 bridgehead atoms. The molecule has 2 unspecified atom stereocenters. The molecule has 0 saturated carbocycles. The van der Waals surface area contributed by atoms with Crippen LogP contribution in [0.3, 0.4) is 0 Å². The first kappa shape index (κ1) is 18.4. The number of likely N-dealkylation sites (tertiary alicyclic amines) is 1. The molecule has 0 spiro atoms. The zero-order valence-corrected chi connectivity index (χ0v) is 15.5. The van der Waals surface area contributed by atoms with Crippen molar-refractivity contribution in [1.82, 2.24) is 15.5 Å². The Kier molecular flexibility index (Phi) is 6.10. The third kappa shape index (κ3) is 4.40. The number of nitrogens with zero attached hydrogens (tertiary/aromatic N) is 1. The van der Waals surface area contributed by atoms with Gasteiger partial charge >= 0.3 is 0 Å². The lowest BCUT2D eigenvalue weighted by molar-refractivity contribution is -0.136. The van der Waals surface area contributed by atoms with Gasteiger partial charge in [-0.3, -0.25) is 9.69 Å². The molecule has 1 aromatic carbocycles. The van der Waals surface area contributed by atoms with Crippen molar-refractivity contribution in [2.45, 2.75) is 44.8 Å². The molecule has 2 fully saturated rings. The lowest BCUT2D eigenvalue weighted by Crippen LogP contribution is -2.52. The van der Waals surface area contributed by atoms with Crippen molar-refractivity contribution in [3.63, 3.8) is 0 Å². The Balaban J connectivity index is 1.58. The van der Waals surface area contributed by atoms with E-state index in [1.807, 2.05) is 6.07 Å². The number of carbonyl (C=O) groups excluding carboxylic acids is 1. The summed E-state index contributed by atoms with van der Waals surface area (Å²) in [6, 6.07) is 11.3. The highest BCUT2D eigenvalue weighted by Gasteiger charge is 2.41. The number of rotatable bonds is 6. The molecule has 3 rings (SSSR count). The quantitative estimate of drug-likeness (QED) is 0.825. The van der Waals surface area contributed by atoms with E-state index in [4.69, 9.17) is 4.74 Å². The minimum absolute atomic E-state index is 0.176. The molecular weight excluding hydrogens is 314 g/mol. The van der Waals surface area contributed by atoms with Crippen molar-refractivity contribution in [3.8, 4) is 0 Å². The van der Waals surface area contributed by atoms with Gasteiger partial charge in [0.15, 0.2) is 0 Å². The number of nitrogens with one attached hydrogen (secondary N) is 2. The molecule has 0 aliphatic carbocycles. The second kappa shape index (κ2) is 8.30. The van der Waals surface area contributed by atoms with Gasteiger partial charge in [-0.15, -0.1) is 0 Å². The molecule has 2 N–H and O–H groups in total. The first-order valence-corrected chi connectivity index (χ1v) is 9.41. The Morgan fingerprint density at radius 3 is 2.72 bits per heavy atom. The minimum atomic E-state index is -0.365. The fraction of sp³-hybridized carbons (Fsp3) is 0.650. The van der Waals surface area contributed by atoms with Gasteiger partial charge in [0.2, 0.25) is 5.91 Å². The Bertz CT molecular complexity index is 552. The first-order chi connectivity index (χ1) is 12.1. The van der Waals surface area contributed by atoms with Crippen LogP contribution >= 0.6 is 0 Å². The van der Waals surface area contributed by atoms with Crippen LogP contribution < -0.4 is 10.6 Å². The van der Waals surface area contributed by atoms with Gasteiger partial charge in [0, 0.05) is 32.3 Å². The summed E-state index contributed by atoms with van der Waals surface area (Å²) in [7, 11) is 1.69. The van der Waals surface area contributed by atoms with E-state index in [-0.39, 0.29) is 17.4 Å². The van der Waals surface area contributed by atoms with E-state index < -0.39 is 0 Å². The van der Waals surface area contributed by atoms with E-state index in [0.717, 1.165) is 45.4 Å². The summed E-state index contributed by atoms with van der Waals surface area (Å²) >= 11 is 0. The smallest absolute Gasteiger partial charge is 0.228 e. The Morgan fingerprint density at radius 1 is 1.32 bits per heavy atom. The van der Waals surface area contributed by atoms with Crippen molar-refractivity contribution in [1.29, 1.82) is 0 Å². The largest absolute Gasteiger partial charge is 0.384 e. The van der Waals surface area contributed by atoms with Gasteiger partial charge in [-0.1, -0.05) is 30.3 Å². The number of benzene rings is 1. The molecule has 0 radical (unpaired) electrons. The lowest BCUT2D eigenvalue weighted by Gasteiger charge is -2.36. The Labute approximate surface area is 151 Å². The summed E-state index contributed by atoms with van der Waals surface area (Å²) in [6.07, 6.45) is 2.71. The van der Waals surface area contributed by atoms with Crippen LogP contribution in [0.15, 0.2) is 30.3 Å². The van der Waals surface area contributed by atoms with Gasteiger partial charge in [0.05, 0.1) is 12.0 Å². The Morgan fingerprint density at radius 2 is 2.04 bits per heavy atom. The van der Waals surface area contributed by atoms with Crippen molar-refractivity contribution < 1.29 is 9.53 Å². The number of ether oxygens (including phenoxy) is 1.